The van der Waals surface area contributed by atoms with Crippen LogP contribution in [0.2, 0.25) is 0 Å². The Morgan fingerprint density at radius 1 is 1.45 bits per heavy atom. The molecule has 1 aromatic carbocycles. The van der Waals surface area contributed by atoms with E-state index in [4.69, 9.17) is 4.74 Å². The Morgan fingerprint density at radius 3 is 3.05 bits per heavy atom. The third-order valence-corrected chi connectivity index (χ3v) is 3.60. The zero-order valence-electron chi connectivity index (χ0n) is 12.0. The van der Waals surface area contributed by atoms with Crippen LogP contribution in [0.4, 0.5) is 11.9 Å². The summed E-state index contributed by atoms with van der Waals surface area (Å²) in [6, 6.07) is 6.39. The highest BCUT2D eigenvalue weighted by Crippen LogP contribution is 2.34. The summed E-state index contributed by atoms with van der Waals surface area (Å²) in [6.45, 7) is 2.97. The molecule has 0 radical (unpaired) electrons. The van der Waals surface area contributed by atoms with Crippen molar-refractivity contribution in [3.05, 3.63) is 29.3 Å². The van der Waals surface area contributed by atoms with E-state index in [1.807, 2.05) is 17.8 Å². The van der Waals surface area contributed by atoms with Gasteiger partial charge in [0, 0.05) is 19.2 Å². The summed E-state index contributed by atoms with van der Waals surface area (Å²) in [5.74, 6) is 2.33. The van der Waals surface area contributed by atoms with Gasteiger partial charge in [-0.1, -0.05) is 17.7 Å². The first kappa shape index (κ1) is 12.8. The molecule has 6 heteroatoms. The quantitative estimate of drug-likeness (QED) is 0.896. The molecular weight excluding hydrogens is 254 g/mol. The molecule has 3 rings (SSSR count). The summed E-state index contributed by atoms with van der Waals surface area (Å²) >= 11 is 0. The van der Waals surface area contributed by atoms with E-state index in [0.717, 1.165) is 30.2 Å². The van der Waals surface area contributed by atoms with E-state index in [2.05, 4.69) is 39.8 Å². The fourth-order valence-corrected chi connectivity index (χ4v) is 2.61. The third kappa shape index (κ3) is 2.07. The van der Waals surface area contributed by atoms with Crippen LogP contribution in [0.1, 0.15) is 23.6 Å². The zero-order valence-corrected chi connectivity index (χ0v) is 12.0. The Bertz CT molecular complexity index is 622. The molecule has 0 amide bonds. The molecule has 1 aromatic heterocycles. The Morgan fingerprint density at radius 2 is 2.30 bits per heavy atom. The predicted octanol–water partition coefficient (Wildman–Crippen LogP) is 2.04. The van der Waals surface area contributed by atoms with E-state index in [9.17, 15) is 0 Å². The Labute approximate surface area is 118 Å². The molecule has 0 bridgehead atoms. The Hall–Kier alpha value is -2.24. The second-order valence-corrected chi connectivity index (χ2v) is 4.93. The molecule has 2 aromatic rings. The number of benzene rings is 1. The first-order valence-corrected chi connectivity index (χ1v) is 6.75. The predicted molar refractivity (Wildman–Crippen MR) is 78.5 cm³/mol. The maximum Gasteiger partial charge on any atom is 0.243 e. The summed E-state index contributed by atoms with van der Waals surface area (Å²) < 4.78 is 7.44. The van der Waals surface area contributed by atoms with Gasteiger partial charge in [0.15, 0.2) is 0 Å². The number of nitrogens with zero attached hydrogens (tertiary/aromatic N) is 3. The highest BCUT2D eigenvalue weighted by Gasteiger charge is 2.26. The number of anilines is 2. The second kappa shape index (κ2) is 5.03. The lowest BCUT2D eigenvalue weighted by Crippen LogP contribution is -2.25. The molecular formula is C14H19N5O. The van der Waals surface area contributed by atoms with Crippen LogP contribution >= 0.6 is 0 Å². The largest absolute Gasteiger partial charge is 0.496 e. The maximum atomic E-state index is 5.50. The van der Waals surface area contributed by atoms with Crippen molar-refractivity contribution in [2.75, 3.05) is 31.3 Å². The molecule has 1 atom stereocenters. The summed E-state index contributed by atoms with van der Waals surface area (Å²) in [6.07, 6.45) is 0.958. The summed E-state index contributed by atoms with van der Waals surface area (Å²) in [5.41, 5.74) is 2.37. The first-order valence-electron chi connectivity index (χ1n) is 6.75. The monoisotopic (exact) mass is 273 g/mol. The van der Waals surface area contributed by atoms with Gasteiger partial charge >= 0.3 is 0 Å². The lowest BCUT2D eigenvalue weighted by atomic mass is 9.99. The lowest BCUT2D eigenvalue weighted by molar-refractivity contribution is 0.391. The minimum absolute atomic E-state index is 0.149. The zero-order chi connectivity index (χ0) is 14.1. The van der Waals surface area contributed by atoms with Crippen LogP contribution in [0, 0.1) is 6.92 Å². The number of methoxy groups -OCH3 is 1. The highest BCUT2D eigenvalue weighted by molar-refractivity contribution is 5.44. The van der Waals surface area contributed by atoms with Crippen LogP contribution in [0.15, 0.2) is 18.2 Å². The molecule has 1 aliphatic heterocycles. The van der Waals surface area contributed by atoms with E-state index in [-0.39, 0.29) is 6.04 Å². The summed E-state index contributed by atoms with van der Waals surface area (Å²) in [7, 11) is 3.53. The van der Waals surface area contributed by atoms with E-state index in [0.29, 0.717) is 5.95 Å². The van der Waals surface area contributed by atoms with Crippen LogP contribution in [0.5, 0.6) is 5.75 Å². The molecule has 1 aliphatic rings. The molecule has 0 saturated heterocycles. The third-order valence-electron chi connectivity index (χ3n) is 3.60. The normalized spacial score (nSPS) is 17.2. The minimum atomic E-state index is 0.149. The van der Waals surface area contributed by atoms with Gasteiger partial charge < -0.3 is 15.4 Å². The maximum absolute atomic E-state index is 5.50. The lowest BCUT2D eigenvalue weighted by Gasteiger charge is -2.26. The SMILES string of the molecule is CNc1nc2n(n1)C(c1cc(C)ccc1OC)CCN2. The fraction of sp³-hybridized carbons (Fsp3) is 0.429. The molecule has 2 N–H and O–H groups in total. The van der Waals surface area contributed by atoms with Gasteiger partial charge in [0.05, 0.1) is 13.2 Å². The van der Waals surface area contributed by atoms with Crippen molar-refractivity contribution < 1.29 is 4.74 Å². The van der Waals surface area contributed by atoms with Crippen LogP contribution < -0.4 is 15.4 Å². The number of hydrogen-bond acceptors (Lipinski definition) is 5. The minimum Gasteiger partial charge on any atom is -0.496 e. The van der Waals surface area contributed by atoms with Gasteiger partial charge in [-0.05, 0) is 19.4 Å². The highest BCUT2D eigenvalue weighted by atomic mass is 16.5. The molecule has 20 heavy (non-hydrogen) atoms. The van der Waals surface area contributed by atoms with E-state index < -0.39 is 0 Å². The number of fused-ring (bicyclic) bond motifs is 1. The van der Waals surface area contributed by atoms with Crippen molar-refractivity contribution in [1.82, 2.24) is 14.8 Å². The van der Waals surface area contributed by atoms with Gasteiger partial charge in [0.2, 0.25) is 11.9 Å². The second-order valence-electron chi connectivity index (χ2n) is 4.93. The number of aromatic nitrogens is 3. The van der Waals surface area contributed by atoms with Crippen LogP contribution in [0.25, 0.3) is 0 Å². The average molecular weight is 273 g/mol. The molecule has 0 spiro atoms. The van der Waals surface area contributed by atoms with Gasteiger partial charge in [-0.25, -0.2) is 4.68 Å². The van der Waals surface area contributed by atoms with E-state index in [1.54, 1.807) is 7.11 Å². The Balaban J connectivity index is 2.08. The van der Waals surface area contributed by atoms with Gasteiger partial charge in [-0.2, -0.15) is 4.98 Å². The van der Waals surface area contributed by atoms with Crippen molar-refractivity contribution in [2.24, 2.45) is 0 Å². The molecule has 0 aliphatic carbocycles. The Kier molecular flexibility index (Phi) is 3.22. The van der Waals surface area contributed by atoms with E-state index in [1.165, 1.54) is 5.56 Å². The molecule has 106 valence electrons. The summed E-state index contributed by atoms with van der Waals surface area (Å²) in [4.78, 5) is 4.41. The number of nitrogens with one attached hydrogen (secondary N) is 2. The van der Waals surface area contributed by atoms with Crippen molar-refractivity contribution in [3.63, 3.8) is 0 Å². The fourth-order valence-electron chi connectivity index (χ4n) is 2.61. The van der Waals surface area contributed by atoms with Gasteiger partial charge in [-0.15, -0.1) is 5.10 Å². The molecule has 1 unspecified atom stereocenters. The standard InChI is InChI=1S/C14H19N5O/c1-9-4-5-12(20-3)10(8-9)11-6-7-16-14-17-13(15-2)18-19(11)14/h4-5,8,11H,6-7H2,1-3H3,(H2,15,16,17,18). The number of hydrogen-bond donors (Lipinski definition) is 2. The number of rotatable bonds is 3. The topological polar surface area (TPSA) is 64.0 Å². The van der Waals surface area contributed by atoms with Crippen LogP contribution in [-0.2, 0) is 0 Å². The number of ether oxygens (including phenoxy) is 1. The van der Waals surface area contributed by atoms with E-state index >= 15 is 0 Å². The first-order chi connectivity index (χ1) is 9.72. The number of aryl methyl sites for hydroxylation is 1. The van der Waals surface area contributed by atoms with Crippen molar-refractivity contribution in [2.45, 2.75) is 19.4 Å². The molecule has 0 fully saturated rings. The summed E-state index contributed by atoms with van der Waals surface area (Å²) in [5, 5.41) is 10.8. The average Bonchev–Trinajstić information content (AvgIpc) is 2.90. The molecule has 0 saturated carbocycles. The van der Waals surface area contributed by atoms with Crippen molar-refractivity contribution in [3.8, 4) is 5.75 Å². The van der Waals surface area contributed by atoms with Crippen molar-refractivity contribution in [1.29, 1.82) is 0 Å². The molecule has 2 heterocycles. The van der Waals surface area contributed by atoms with Crippen LogP contribution in [0.3, 0.4) is 0 Å². The van der Waals surface area contributed by atoms with Gasteiger partial charge in [0.25, 0.3) is 0 Å². The van der Waals surface area contributed by atoms with Gasteiger partial charge in [-0.3, -0.25) is 0 Å². The van der Waals surface area contributed by atoms with Crippen LogP contribution in [-0.4, -0.2) is 35.5 Å². The van der Waals surface area contributed by atoms with Gasteiger partial charge in [0.1, 0.15) is 5.75 Å². The smallest absolute Gasteiger partial charge is 0.243 e. The molecule has 6 nitrogen and oxygen atoms in total. The van der Waals surface area contributed by atoms with Crippen molar-refractivity contribution >= 4 is 11.9 Å².